The molecule has 3 aromatic rings. The third-order valence-corrected chi connectivity index (χ3v) is 6.75. The van der Waals surface area contributed by atoms with Crippen molar-refractivity contribution in [2.45, 2.75) is 27.8 Å². The van der Waals surface area contributed by atoms with Gasteiger partial charge in [-0.3, -0.25) is 4.79 Å². The first kappa shape index (κ1) is 20.2. The van der Waals surface area contributed by atoms with Crippen molar-refractivity contribution in [3.05, 3.63) is 41.2 Å². The van der Waals surface area contributed by atoms with Crippen LogP contribution in [0.15, 0.2) is 43.6 Å². The van der Waals surface area contributed by atoms with E-state index in [2.05, 4.69) is 20.5 Å². The van der Waals surface area contributed by atoms with E-state index in [-0.39, 0.29) is 5.91 Å². The van der Waals surface area contributed by atoms with Crippen molar-refractivity contribution in [1.29, 1.82) is 0 Å². The Hall–Kier alpha value is -1.55. The Morgan fingerprint density at radius 2 is 1.96 bits per heavy atom. The number of nitrogens with one attached hydrogen (secondary N) is 1. The highest BCUT2D eigenvalue weighted by Gasteiger charge is 2.11. The third kappa shape index (κ3) is 6.24. The van der Waals surface area contributed by atoms with Gasteiger partial charge in [-0.1, -0.05) is 53.4 Å². The van der Waals surface area contributed by atoms with Crippen LogP contribution in [0.5, 0.6) is 0 Å². The van der Waals surface area contributed by atoms with E-state index in [4.69, 9.17) is 16.0 Å². The van der Waals surface area contributed by atoms with Gasteiger partial charge in [0.15, 0.2) is 8.68 Å². The number of aromatic nitrogens is 3. The van der Waals surface area contributed by atoms with Gasteiger partial charge in [-0.2, -0.15) is 0 Å². The molecule has 6 nitrogen and oxygen atoms in total. The van der Waals surface area contributed by atoms with Gasteiger partial charge in [-0.05, 0) is 30.7 Å². The van der Waals surface area contributed by atoms with Crippen molar-refractivity contribution in [3.63, 3.8) is 0 Å². The lowest BCUT2D eigenvalue weighted by atomic mass is 10.2. The zero-order valence-electron chi connectivity index (χ0n) is 14.5. The van der Waals surface area contributed by atoms with E-state index >= 15 is 0 Å². The van der Waals surface area contributed by atoms with E-state index < -0.39 is 0 Å². The van der Waals surface area contributed by atoms with Gasteiger partial charge in [0.05, 0.1) is 11.4 Å². The van der Waals surface area contributed by atoms with E-state index in [9.17, 15) is 4.79 Å². The van der Waals surface area contributed by atoms with Gasteiger partial charge in [0.25, 0.3) is 0 Å². The lowest BCUT2D eigenvalue weighted by Crippen LogP contribution is -2.25. The second kappa shape index (κ2) is 10.1. The first-order valence-electron chi connectivity index (χ1n) is 8.20. The molecule has 3 rings (SSSR count). The molecule has 1 amide bonds. The number of oxazole rings is 1. The average Bonchev–Trinajstić information content (AvgIpc) is 3.33. The fourth-order valence-electron chi connectivity index (χ4n) is 1.99. The summed E-state index contributed by atoms with van der Waals surface area (Å²) in [7, 11) is 0. The predicted molar refractivity (Wildman–Crippen MR) is 110 cm³/mol. The molecule has 0 aliphatic rings. The summed E-state index contributed by atoms with van der Waals surface area (Å²) >= 11 is 10.3. The molecule has 0 aliphatic carbocycles. The van der Waals surface area contributed by atoms with Crippen LogP contribution in [-0.4, -0.2) is 33.4 Å². The van der Waals surface area contributed by atoms with Gasteiger partial charge in [-0.25, -0.2) is 4.98 Å². The summed E-state index contributed by atoms with van der Waals surface area (Å²) in [6, 6.07) is 7.35. The molecule has 0 aliphatic heterocycles. The minimum Gasteiger partial charge on any atom is -0.444 e. The number of thioether (sulfide) groups is 2. The van der Waals surface area contributed by atoms with Crippen molar-refractivity contribution in [2.24, 2.45) is 0 Å². The molecule has 142 valence electrons. The molecule has 0 spiro atoms. The summed E-state index contributed by atoms with van der Waals surface area (Å²) in [6.07, 6.45) is 2.57. The summed E-state index contributed by atoms with van der Waals surface area (Å²) in [5.74, 6) is 1.57. The molecular weight excluding hydrogens is 424 g/mol. The van der Waals surface area contributed by atoms with Crippen molar-refractivity contribution >= 4 is 52.4 Å². The monoisotopic (exact) mass is 440 g/mol. The van der Waals surface area contributed by atoms with Crippen LogP contribution in [0.2, 0.25) is 5.02 Å². The summed E-state index contributed by atoms with van der Waals surface area (Å²) in [5.41, 5.74) is 1.71. The first-order chi connectivity index (χ1) is 13.1. The maximum atomic E-state index is 11.6. The first-order valence-corrected chi connectivity index (χ1v) is 11.4. The number of halogens is 1. The van der Waals surface area contributed by atoms with Crippen LogP contribution in [0.3, 0.4) is 0 Å². The summed E-state index contributed by atoms with van der Waals surface area (Å²) in [4.78, 5) is 16.1. The Labute approximate surface area is 174 Å². The number of benzene rings is 1. The Balaban J connectivity index is 1.49. The molecule has 0 bridgehead atoms. The molecule has 10 heteroatoms. The molecule has 1 N–H and O–H groups in total. The number of nitrogens with zero attached hydrogens (tertiary/aromatic N) is 3. The number of rotatable bonds is 9. The highest BCUT2D eigenvalue weighted by Crippen LogP contribution is 2.31. The topological polar surface area (TPSA) is 80.9 Å². The van der Waals surface area contributed by atoms with Crippen LogP contribution in [-0.2, 0) is 10.5 Å². The maximum absolute atomic E-state index is 11.6. The molecule has 1 aromatic carbocycles. The number of amides is 1. The van der Waals surface area contributed by atoms with E-state index in [0.717, 1.165) is 26.4 Å². The summed E-state index contributed by atoms with van der Waals surface area (Å²) in [6.45, 7) is 2.72. The SMILES string of the molecule is CCCNC(=O)CSc1nnc(SCc2coc(-c3ccc(Cl)cc3)n2)s1. The van der Waals surface area contributed by atoms with Crippen LogP contribution in [0.25, 0.3) is 11.5 Å². The number of hydrogen-bond acceptors (Lipinski definition) is 8. The minimum absolute atomic E-state index is 0.0172. The van der Waals surface area contributed by atoms with E-state index in [1.54, 1.807) is 30.2 Å². The Morgan fingerprint density at radius 1 is 1.22 bits per heavy atom. The van der Waals surface area contributed by atoms with Crippen molar-refractivity contribution in [3.8, 4) is 11.5 Å². The second-order valence-electron chi connectivity index (χ2n) is 5.41. The second-order valence-corrected chi connectivity index (χ2v) is 9.27. The number of carbonyl (C=O) groups is 1. The molecule has 0 radical (unpaired) electrons. The standard InChI is InChI=1S/C17H17ClN4O2S3/c1-2-7-19-14(23)10-26-17-22-21-16(27-17)25-9-13-8-24-15(20-13)11-3-5-12(18)6-4-11/h3-6,8H,2,7,9-10H2,1H3,(H,19,23). The molecular formula is C17H17ClN4O2S3. The highest BCUT2D eigenvalue weighted by atomic mass is 35.5. The quantitative estimate of drug-likeness (QED) is 0.480. The van der Waals surface area contributed by atoms with Crippen LogP contribution < -0.4 is 5.32 Å². The van der Waals surface area contributed by atoms with E-state index in [1.807, 2.05) is 19.1 Å². The van der Waals surface area contributed by atoms with Crippen LogP contribution >= 0.6 is 46.5 Å². The van der Waals surface area contributed by atoms with Crippen LogP contribution in [0.4, 0.5) is 0 Å². The fourth-order valence-corrected chi connectivity index (χ4v) is 4.84. The van der Waals surface area contributed by atoms with Crippen LogP contribution in [0.1, 0.15) is 19.0 Å². The van der Waals surface area contributed by atoms with Crippen molar-refractivity contribution in [1.82, 2.24) is 20.5 Å². The van der Waals surface area contributed by atoms with Crippen LogP contribution in [0, 0.1) is 0 Å². The lowest BCUT2D eigenvalue weighted by Gasteiger charge is -2.00. The Morgan fingerprint density at radius 3 is 2.70 bits per heavy atom. The fraction of sp³-hybridized carbons (Fsp3) is 0.294. The average molecular weight is 441 g/mol. The normalized spacial score (nSPS) is 10.9. The van der Waals surface area contributed by atoms with Gasteiger partial charge in [-0.15, -0.1) is 10.2 Å². The molecule has 2 aromatic heterocycles. The molecule has 27 heavy (non-hydrogen) atoms. The smallest absolute Gasteiger partial charge is 0.230 e. The Bertz CT molecular complexity index is 882. The highest BCUT2D eigenvalue weighted by molar-refractivity contribution is 8.03. The third-order valence-electron chi connectivity index (χ3n) is 3.27. The predicted octanol–water partition coefficient (Wildman–Crippen LogP) is 4.76. The summed E-state index contributed by atoms with van der Waals surface area (Å²) in [5, 5.41) is 11.8. The number of carbonyl (C=O) groups excluding carboxylic acids is 1. The molecule has 0 unspecified atom stereocenters. The van der Waals surface area contributed by atoms with Gasteiger partial charge >= 0.3 is 0 Å². The van der Waals surface area contributed by atoms with Gasteiger partial charge < -0.3 is 9.73 Å². The van der Waals surface area contributed by atoms with Crippen molar-refractivity contribution < 1.29 is 9.21 Å². The maximum Gasteiger partial charge on any atom is 0.230 e. The molecule has 0 saturated carbocycles. The van der Waals surface area contributed by atoms with E-state index in [1.165, 1.54) is 23.1 Å². The Kier molecular flexibility index (Phi) is 7.57. The zero-order valence-corrected chi connectivity index (χ0v) is 17.7. The van der Waals surface area contributed by atoms with Gasteiger partial charge in [0.1, 0.15) is 6.26 Å². The van der Waals surface area contributed by atoms with E-state index in [0.29, 0.717) is 29.0 Å². The molecule has 2 heterocycles. The van der Waals surface area contributed by atoms with Gasteiger partial charge in [0.2, 0.25) is 11.8 Å². The minimum atomic E-state index is 0.0172. The summed E-state index contributed by atoms with van der Waals surface area (Å²) < 4.78 is 7.15. The zero-order chi connectivity index (χ0) is 19.1. The van der Waals surface area contributed by atoms with Gasteiger partial charge in [0, 0.05) is 22.9 Å². The molecule has 0 saturated heterocycles. The van der Waals surface area contributed by atoms with Crippen molar-refractivity contribution in [2.75, 3.05) is 12.3 Å². The number of hydrogen-bond donors (Lipinski definition) is 1. The largest absolute Gasteiger partial charge is 0.444 e. The lowest BCUT2D eigenvalue weighted by molar-refractivity contribution is -0.118. The molecule has 0 fully saturated rings. The molecule has 0 atom stereocenters.